The molecule has 0 aliphatic carbocycles. The van der Waals surface area contributed by atoms with Crippen LogP contribution >= 0.6 is 11.6 Å². The molecule has 1 rings (SSSR count). The first kappa shape index (κ1) is 12.1. The Morgan fingerprint density at radius 3 is 2.33 bits per heavy atom. The third-order valence-corrected chi connectivity index (χ3v) is 2.68. The molecule has 0 saturated heterocycles. The average Bonchev–Trinajstić information content (AvgIpc) is 2.16. The fourth-order valence-corrected chi connectivity index (χ4v) is 2.12. The van der Waals surface area contributed by atoms with Crippen molar-refractivity contribution in [3.63, 3.8) is 0 Å². The molecule has 1 aromatic carbocycles. The summed E-state index contributed by atoms with van der Waals surface area (Å²) in [6, 6.07) is 1.60. The van der Waals surface area contributed by atoms with Crippen molar-refractivity contribution in [1.82, 2.24) is 0 Å². The number of nitrogens with two attached hydrogens (primary N) is 1. The highest BCUT2D eigenvalue weighted by Gasteiger charge is 2.17. The minimum absolute atomic E-state index is 0.127. The molecular weight excluding hydrogens is 214 g/mol. The van der Waals surface area contributed by atoms with Crippen LogP contribution in [-0.2, 0) is 0 Å². The molecule has 0 amide bonds. The predicted octanol–water partition coefficient (Wildman–Crippen LogP) is 2.69. The van der Waals surface area contributed by atoms with Crippen LogP contribution in [0.4, 0.5) is 0 Å². The Labute approximate surface area is 95.1 Å². The summed E-state index contributed by atoms with van der Waals surface area (Å²) in [5, 5.41) is 0.611. The van der Waals surface area contributed by atoms with Gasteiger partial charge in [0.1, 0.15) is 0 Å². The second-order valence-corrected chi connectivity index (χ2v) is 3.83. The summed E-state index contributed by atoms with van der Waals surface area (Å²) >= 11 is 6.12. The first-order valence-electron chi connectivity index (χ1n) is 4.69. The van der Waals surface area contributed by atoms with Gasteiger partial charge in [-0.1, -0.05) is 11.6 Å². The van der Waals surface area contributed by atoms with Gasteiger partial charge in [0.25, 0.3) is 0 Å². The van der Waals surface area contributed by atoms with E-state index >= 15 is 0 Å². The normalized spacial score (nSPS) is 12.4. The molecule has 0 aromatic heterocycles. The summed E-state index contributed by atoms with van der Waals surface area (Å²) < 4.78 is 10.5. The van der Waals surface area contributed by atoms with Gasteiger partial charge in [0.2, 0.25) is 0 Å². The van der Waals surface area contributed by atoms with Gasteiger partial charge >= 0.3 is 0 Å². The van der Waals surface area contributed by atoms with Crippen LogP contribution in [0, 0.1) is 6.92 Å². The first-order valence-corrected chi connectivity index (χ1v) is 5.07. The van der Waals surface area contributed by atoms with Gasteiger partial charge in [0.15, 0.2) is 11.5 Å². The lowest BCUT2D eigenvalue weighted by Crippen LogP contribution is -2.09. The molecular formula is C11H16ClNO2. The van der Waals surface area contributed by atoms with Gasteiger partial charge in [-0.2, -0.15) is 0 Å². The molecule has 0 heterocycles. The molecule has 0 bridgehead atoms. The van der Waals surface area contributed by atoms with Crippen LogP contribution in [0.2, 0.25) is 5.02 Å². The van der Waals surface area contributed by atoms with Crippen molar-refractivity contribution in [3.8, 4) is 11.5 Å². The number of halogens is 1. The Balaban J connectivity index is 3.44. The van der Waals surface area contributed by atoms with Crippen molar-refractivity contribution in [2.75, 3.05) is 14.2 Å². The summed E-state index contributed by atoms with van der Waals surface area (Å²) in [4.78, 5) is 0. The lowest BCUT2D eigenvalue weighted by atomic mass is 10.0. The molecule has 0 radical (unpaired) electrons. The minimum atomic E-state index is -0.127. The van der Waals surface area contributed by atoms with E-state index in [-0.39, 0.29) is 6.04 Å². The SMILES string of the molecule is COc1cc(Cl)c(C(C)N)c(C)c1OC. The molecule has 0 spiro atoms. The van der Waals surface area contributed by atoms with E-state index in [9.17, 15) is 0 Å². The van der Waals surface area contributed by atoms with Crippen molar-refractivity contribution in [3.05, 3.63) is 22.2 Å². The zero-order valence-electron chi connectivity index (χ0n) is 9.43. The Morgan fingerprint density at radius 1 is 1.33 bits per heavy atom. The summed E-state index contributed by atoms with van der Waals surface area (Å²) in [5.74, 6) is 1.32. The summed E-state index contributed by atoms with van der Waals surface area (Å²) in [6.07, 6.45) is 0. The van der Waals surface area contributed by atoms with E-state index in [1.165, 1.54) is 0 Å². The summed E-state index contributed by atoms with van der Waals surface area (Å²) in [5.41, 5.74) is 7.67. The van der Waals surface area contributed by atoms with E-state index in [0.717, 1.165) is 11.1 Å². The number of rotatable bonds is 3. The Morgan fingerprint density at radius 2 is 1.93 bits per heavy atom. The standard InChI is InChI=1S/C11H16ClNO2/c1-6-10(7(2)13)8(12)5-9(14-3)11(6)15-4/h5,7H,13H2,1-4H3. The second kappa shape index (κ2) is 4.73. The molecule has 0 saturated carbocycles. The molecule has 1 unspecified atom stereocenters. The van der Waals surface area contributed by atoms with Crippen LogP contribution in [0.1, 0.15) is 24.1 Å². The fraction of sp³-hybridized carbons (Fsp3) is 0.455. The molecule has 2 N–H and O–H groups in total. The second-order valence-electron chi connectivity index (χ2n) is 3.42. The predicted molar refractivity (Wildman–Crippen MR) is 61.9 cm³/mol. The zero-order valence-corrected chi connectivity index (χ0v) is 10.2. The molecule has 1 atom stereocenters. The Bertz CT molecular complexity index is 364. The molecule has 84 valence electrons. The van der Waals surface area contributed by atoms with Crippen LogP contribution in [0.15, 0.2) is 6.07 Å². The van der Waals surface area contributed by atoms with Crippen LogP contribution < -0.4 is 15.2 Å². The average molecular weight is 230 g/mol. The number of benzene rings is 1. The van der Waals surface area contributed by atoms with Crippen molar-refractivity contribution in [2.45, 2.75) is 19.9 Å². The maximum Gasteiger partial charge on any atom is 0.164 e. The van der Waals surface area contributed by atoms with Gasteiger partial charge in [0.05, 0.1) is 14.2 Å². The van der Waals surface area contributed by atoms with Crippen molar-refractivity contribution >= 4 is 11.6 Å². The van der Waals surface area contributed by atoms with Gasteiger partial charge in [-0.05, 0) is 19.4 Å². The van der Waals surface area contributed by atoms with Gasteiger partial charge in [-0.25, -0.2) is 0 Å². The summed E-state index contributed by atoms with van der Waals surface area (Å²) in [7, 11) is 3.18. The van der Waals surface area contributed by atoms with Gasteiger partial charge in [0, 0.05) is 22.7 Å². The number of hydrogen-bond acceptors (Lipinski definition) is 3. The van der Waals surface area contributed by atoms with Crippen molar-refractivity contribution < 1.29 is 9.47 Å². The van der Waals surface area contributed by atoms with E-state index in [1.54, 1.807) is 20.3 Å². The molecule has 4 heteroatoms. The number of hydrogen-bond donors (Lipinski definition) is 1. The first-order chi connectivity index (χ1) is 7.02. The van der Waals surface area contributed by atoms with Crippen molar-refractivity contribution in [1.29, 1.82) is 0 Å². The monoisotopic (exact) mass is 229 g/mol. The maximum absolute atomic E-state index is 6.12. The highest BCUT2D eigenvalue weighted by molar-refractivity contribution is 6.31. The lowest BCUT2D eigenvalue weighted by molar-refractivity contribution is 0.352. The fourth-order valence-electron chi connectivity index (χ4n) is 1.71. The maximum atomic E-state index is 6.12. The van der Waals surface area contributed by atoms with E-state index in [2.05, 4.69) is 0 Å². The third kappa shape index (κ3) is 2.19. The van der Waals surface area contributed by atoms with Gasteiger partial charge in [-0.3, -0.25) is 0 Å². The van der Waals surface area contributed by atoms with Crippen LogP contribution in [0.25, 0.3) is 0 Å². The molecule has 0 aliphatic rings. The van der Waals surface area contributed by atoms with E-state index in [1.807, 2.05) is 13.8 Å². The van der Waals surface area contributed by atoms with E-state index in [0.29, 0.717) is 16.5 Å². The minimum Gasteiger partial charge on any atom is -0.493 e. The number of ether oxygens (including phenoxy) is 2. The number of methoxy groups -OCH3 is 2. The Hall–Kier alpha value is -0.930. The van der Waals surface area contributed by atoms with E-state index in [4.69, 9.17) is 26.8 Å². The third-order valence-electron chi connectivity index (χ3n) is 2.36. The molecule has 1 aromatic rings. The molecule has 0 fully saturated rings. The highest BCUT2D eigenvalue weighted by Crippen LogP contribution is 2.39. The topological polar surface area (TPSA) is 44.5 Å². The van der Waals surface area contributed by atoms with Gasteiger partial charge in [-0.15, -0.1) is 0 Å². The quantitative estimate of drug-likeness (QED) is 0.867. The molecule has 3 nitrogen and oxygen atoms in total. The van der Waals surface area contributed by atoms with Crippen LogP contribution in [0.3, 0.4) is 0 Å². The lowest BCUT2D eigenvalue weighted by Gasteiger charge is -2.18. The van der Waals surface area contributed by atoms with Crippen LogP contribution in [0.5, 0.6) is 11.5 Å². The summed E-state index contributed by atoms with van der Waals surface area (Å²) in [6.45, 7) is 3.81. The zero-order chi connectivity index (χ0) is 11.6. The molecule has 15 heavy (non-hydrogen) atoms. The Kier molecular flexibility index (Phi) is 3.83. The highest BCUT2D eigenvalue weighted by atomic mass is 35.5. The largest absolute Gasteiger partial charge is 0.493 e. The van der Waals surface area contributed by atoms with Crippen molar-refractivity contribution in [2.24, 2.45) is 5.73 Å². The van der Waals surface area contributed by atoms with Gasteiger partial charge < -0.3 is 15.2 Å². The smallest absolute Gasteiger partial charge is 0.164 e. The molecule has 0 aliphatic heterocycles. The van der Waals surface area contributed by atoms with Crippen LogP contribution in [-0.4, -0.2) is 14.2 Å². The van der Waals surface area contributed by atoms with E-state index < -0.39 is 0 Å².